The van der Waals surface area contributed by atoms with Gasteiger partial charge in [0, 0.05) is 11.9 Å². The summed E-state index contributed by atoms with van der Waals surface area (Å²) < 4.78 is 0. The number of thiazole rings is 1. The van der Waals surface area contributed by atoms with E-state index in [2.05, 4.69) is 15.6 Å². The largest absolute Gasteiger partial charge is 0.338 e. The van der Waals surface area contributed by atoms with Crippen molar-refractivity contribution in [2.45, 2.75) is 19.9 Å². The highest BCUT2D eigenvalue weighted by atomic mass is 32.1. The van der Waals surface area contributed by atoms with Gasteiger partial charge in [0.2, 0.25) is 0 Å². The van der Waals surface area contributed by atoms with Crippen LogP contribution in [-0.4, -0.2) is 17.6 Å². The lowest BCUT2D eigenvalue weighted by Gasteiger charge is -2.04. The predicted octanol–water partition coefficient (Wildman–Crippen LogP) is 1.35. The highest BCUT2D eigenvalue weighted by Gasteiger charge is 1.99. The van der Waals surface area contributed by atoms with Crippen molar-refractivity contribution < 1.29 is 4.79 Å². The average Bonchev–Trinajstić information content (AvgIpc) is 2.64. The Morgan fingerprint density at radius 3 is 3.08 bits per heavy atom. The first-order valence-corrected chi connectivity index (χ1v) is 5.16. The Balaban J connectivity index is 2.15. The number of amides is 2. The minimum atomic E-state index is -0.130. The van der Waals surface area contributed by atoms with Crippen LogP contribution in [0, 0.1) is 0 Å². The van der Waals surface area contributed by atoms with Crippen LogP contribution < -0.4 is 10.6 Å². The van der Waals surface area contributed by atoms with Gasteiger partial charge in [0.25, 0.3) is 0 Å². The zero-order valence-electron chi connectivity index (χ0n) is 7.54. The van der Waals surface area contributed by atoms with Crippen molar-refractivity contribution in [2.75, 3.05) is 6.54 Å². The summed E-state index contributed by atoms with van der Waals surface area (Å²) >= 11 is 1.53. The quantitative estimate of drug-likeness (QED) is 0.769. The molecule has 0 aliphatic heterocycles. The maximum Gasteiger partial charge on any atom is 0.315 e. The first kappa shape index (κ1) is 9.98. The number of nitrogens with zero attached hydrogens (tertiary/aromatic N) is 1. The number of carbonyl (C=O) groups excluding carboxylic acids is 1. The molecule has 1 aromatic heterocycles. The third-order valence-electron chi connectivity index (χ3n) is 1.45. The molecule has 0 spiro atoms. The zero-order chi connectivity index (χ0) is 9.52. The van der Waals surface area contributed by atoms with E-state index in [4.69, 9.17) is 0 Å². The molecule has 2 N–H and O–H groups in total. The molecular weight excluding hydrogens is 186 g/mol. The van der Waals surface area contributed by atoms with E-state index in [0.717, 1.165) is 12.1 Å². The lowest BCUT2D eigenvalue weighted by Crippen LogP contribution is -2.35. The first-order chi connectivity index (χ1) is 6.33. The van der Waals surface area contributed by atoms with Crippen LogP contribution >= 0.6 is 11.3 Å². The van der Waals surface area contributed by atoms with Gasteiger partial charge in [0.05, 0.1) is 17.7 Å². The van der Waals surface area contributed by atoms with Crippen molar-refractivity contribution in [3.8, 4) is 0 Å². The Labute approximate surface area is 81.4 Å². The molecule has 13 heavy (non-hydrogen) atoms. The van der Waals surface area contributed by atoms with Gasteiger partial charge in [-0.3, -0.25) is 0 Å². The van der Waals surface area contributed by atoms with Gasteiger partial charge in [-0.05, 0) is 6.42 Å². The Bertz CT molecular complexity index is 248. The SMILES string of the molecule is CCCNC(=O)NCc1cscn1. The van der Waals surface area contributed by atoms with Gasteiger partial charge in [-0.15, -0.1) is 11.3 Å². The monoisotopic (exact) mass is 199 g/mol. The molecule has 0 atom stereocenters. The fourth-order valence-electron chi connectivity index (χ4n) is 0.797. The molecule has 72 valence electrons. The Morgan fingerprint density at radius 2 is 2.46 bits per heavy atom. The van der Waals surface area contributed by atoms with Crippen LogP contribution in [0.25, 0.3) is 0 Å². The summed E-state index contributed by atoms with van der Waals surface area (Å²) in [4.78, 5) is 15.1. The Morgan fingerprint density at radius 1 is 1.62 bits per heavy atom. The molecule has 1 rings (SSSR count). The number of rotatable bonds is 4. The van der Waals surface area contributed by atoms with Crippen molar-refractivity contribution in [3.05, 3.63) is 16.6 Å². The van der Waals surface area contributed by atoms with Gasteiger partial charge in [-0.1, -0.05) is 6.92 Å². The van der Waals surface area contributed by atoms with Crippen LogP contribution in [0.5, 0.6) is 0 Å². The summed E-state index contributed by atoms with van der Waals surface area (Å²) in [5.74, 6) is 0. The summed E-state index contributed by atoms with van der Waals surface area (Å²) in [7, 11) is 0. The number of carbonyl (C=O) groups is 1. The van der Waals surface area contributed by atoms with Crippen LogP contribution in [0.3, 0.4) is 0 Å². The second-order valence-corrected chi connectivity index (χ2v) is 3.31. The van der Waals surface area contributed by atoms with Crippen molar-refractivity contribution in [1.82, 2.24) is 15.6 Å². The lowest BCUT2D eigenvalue weighted by atomic mass is 10.5. The van der Waals surface area contributed by atoms with E-state index in [9.17, 15) is 4.79 Å². The van der Waals surface area contributed by atoms with Crippen molar-refractivity contribution in [3.63, 3.8) is 0 Å². The third-order valence-corrected chi connectivity index (χ3v) is 2.08. The van der Waals surface area contributed by atoms with E-state index in [1.165, 1.54) is 11.3 Å². The minimum Gasteiger partial charge on any atom is -0.338 e. The van der Waals surface area contributed by atoms with E-state index in [0.29, 0.717) is 13.1 Å². The molecule has 1 heterocycles. The van der Waals surface area contributed by atoms with Crippen LogP contribution in [0.15, 0.2) is 10.9 Å². The van der Waals surface area contributed by atoms with E-state index < -0.39 is 0 Å². The molecular formula is C8H13N3OS. The van der Waals surface area contributed by atoms with E-state index in [1.54, 1.807) is 5.51 Å². The molecule has 0 aliphatic rings. The second kappa shape index (κ2) is 5.53. The Kier molecular flexibility index (Phi) is 4.25. The number of aromatic nitrogens is 1. The highest BCUT2D eigenvalue weighted by Crippen LogP contribution is 1.99. The van der Waals surface area contributed by atoms with Crippen molar-refractivity contribution in [2.24, 2.45) is 0 Å². The molecule has 0 unspecified atom stereocenters. The molecule has 0 saturated carbocycles. The van der Waals surface area contributed by atoms with Gasteiger partial charge in [0.1, 0.15) is 0 Å². The summed E-state index contributed by atoms with van der Waals surface area (Å²) in [6, 6.07) is -0.130. The van der Waals surface area contributed by atoms with Gasteiger partial charge >= 0.3 is 6.03 Å². The maximum atomic E-state index is 11.1. The molecule has 0 saturated heterocycles. The van der Waals surface area contributed by atoms with Crippen LogP contribution in [0.4, 0.5) is 4.79 Å². The number of hydrogen-bond donors (Lipinski definition) is 2. The van der Waals surface area contributed by atoms with Gasteiger partial charge < -0.3 is 10.6 Å². The van der Waals surface area contributed by atoms with Crippen molar-refractivity contribution in [1.29, 1.82) is 0 Å². The Hall–Kier alpha value is -1.10. The fourth-order valence-corrected chi connectivity index (χ4v) is 1.36. The maximum absolute atomic E-state index is 11.1. The van der Waals surface area contributed by atoms with Crippen molar-refractivity contribution >= 4 is 17.4 Å². The van der Waals surface area contributed by atoms with Crippen LogP contribution in [-0.2, 0) is 6.54 Å². The second-order valence-electron chi connectivity index (χ2n) is 2.59. The highest BCUT2D eigenvalue weighted by molar-refractivity contribution is 7.07. The third kappa shape index (κ3) is 3.89. The van der Waals surface area contributed by atoms with E-state index >= 15 is 0 Å². The number of nitrogens with one attached hydrogen (secondary N) is 2. The molecule has 1 aromatic rings. The van der Waals surface area contributed by atoms with Gasteiger partial charge in [0.15, 0.2) is 0 Å². The molecule has 4 nitrogen and oxygen atoms in total. The molecule has 5 heteroatoms. The number of hydrogen-bond acceptors (Lipinski definition) is 3. The average molecular weight is 199 g/mol. The summed E-state index contributed by atoms with van der Waals surface area (Å²) in [5, 5.41) is 7.35. The smallest absolute Gasteiger partial charge is 0.315 e. The summed E-state index contributed by atoms with van der Waals surface area (Å²) in [6.45, 7) is 3.22. The molecule has 0 radical (unpaired) electrons. The van der Waals surface area contributed by atoms with Gasteiger partial charge in [-0.25, -0.2) is 9.78 Å². The molecule has 2 amide bonds. The fraction of sp³-hybridized carbons (Fsp3) is 0.500. The van der Waals surface area contributed by atoms with Gasteiger partial charge in [-0.2, -0.15) is 0 Å². The first-order valence-electron chi connectivity index (χ1n) is 4.21. The summed E-state index contributed by atoms with van der Waals surface area (Å²) in [5.41, 5.74) is 2.65. The van der Waals surface area contributed by atoms with Crippen LogP contribution in [0.1, 0.15) is 19.0 Å². The standard InChI is InChI=1S/C8H13N3OS/c1-2-3-9-8(12)10-4-7-5-13-6-11-7/h5-6H,2-4H2,1H3,(H2,9,10,12). The molecule has 0 fully saturated rings. The topological polar surface area (TPSA) is 54.0 Å². The van der Waals surface area contributed by atoms with E-state index in [-0.39, 0.29) is 6.03 Å². The molecule has 0 aliphatic carbocycles. The van der Waals surface area contributed by atoms with Crippen LogP contribution in [0.2, 0.25) is 0 Å². The number of urea groups is 1. The lowest BCUT2D eigenvalue weighted by molar-refractivity contribution is 0.240. The zero-order valence-corrected chi connectivity index (χ0v) is 8.36. The van der Waals surface area contributed by atoms with E-state index in [1.807, 2.05) is 12.3 Å². The summed E-state index contributed by atoms with van der Waals surface area (Å²) in [6.07, 6.45) is 0.949. The molecule has 0 aromatic carbocycles. The normalized spacial score (nSPS) is 9.62. The predicted molar refractivity (Wildman–Crippen MR) is 52.6 cm³/mol. The molecule has 0 bridgehead atoms. The minimum absolute atomic E-state index is 0.130.